The minimum atomic E-state index is 0.176. The second kappa shape index (κ2) is 9.08. The van der Waals surface area contributed by atoms with Gasteiger partial charge in [-0.3, -0.25) is 9.89 Å². The fourth-order valence-corrected chi connectivity index (χ4v) is 2.70. The van der Waals surface area contributed by atoms with Gasteiger partial charge < -0.3 is 19.8 Å². The monoisotopic (exact) mass is 336 g/mol. The number of hydrogen-bond acceptors (Lipinski definition) is 4. The zero-order valence-electron chi connectivity index (χ0n) is 15.6. The van der Waals surface area contributed by atoms with Crippen LogP contribution in [0.25, 0.3) is 0 Å². The van der Waals surface area contributed by atoms with Crippen molar-refractivity contribution >= 4 is 5.96 Å². The Balaban J connectivity index is 2.02. The summed E-state index contributed by atoms with van der Waals surface area (Å²) in [6.45, 7) is 12.7. The maximum absolute atomic E-state index is 5.90. The zero-order chi connectivity index (χ0) is 17.5. The van der Waals surface area contributed by atoms with Crippen molar-refractivity contribution in [3.8, 4) is 0 Å². The Bertz CT molecular complexity index is 521. The van der Waals surface area contributed by atoms with Crippen LogP contribution < -0.4 is 10.6 Å². The van der Waals surface area contributed by atoms with Gasteiger partial charge in [-0.2, -0.15) is 0 Å². The fraction of sp³-hybridized carbons (Fsp3) is 0.722. The van der Waals surface area contributed by atoms with E-state index in [1.54, 1.807) is 0 Å². The number of nitrogens with zero attached hydrogens (tertiary/aromatic N) is 2. The minimum absolute atomic E-state index is 0.176. The van der Waals surface area contributed by atoms with Crippen molar-refractivity contribution in [3.05, 3.63) is 23.7 Å². The molecule has 2 heterocycles. The molecule has 1 saturated heterocycles. The predicted octanol–water partition coefficient (Wildman–Crippen LogP) is 2.17. The van der Waals surface area contributed by atoms with Gasteiger partial charge in [0.1, 0.15) is 11.5 Å². The van der Waals surface area contributed by atoms with Gasteiger partial charge in [-0.15, -0.1) is 0 Å². The Morgan fingerprint density at radius 3 is 2.50 bits per heavy atom. The molecule has 6 heteroatoms. The molecule has 24 heavy (non-hydrogen) atoms. The molecule has 2 unspecified atom stereocenters. The quantitative estimate of drug-likeness (QED) is 0.616. The molecule has 0 aliphatic carbocycles. The first-order chi connectivity index (χ1) is 11.5. The van der Waals surface area contributed by atoms with E-state index in [2.05, 4.69) is 47.4 Å². The van der Waals surface area contributed by atoms with Crippen molar-refractivity contribution < 1.29 is 9.15 Å². The second-order valence-corrected chi connectivity index (χ2v) is 6.74. The van der Waals surface area contributed by atoms with Crippen LogP contribution in [0, 0.1) is 12.8 Å². The molecule has 1 aliphatic rings. The lowest BCUT2D eigenvalue weighted by Crippen LogP contribution is -2.48. The molecule has 1 aliphatic heterocycles. The van der Waals surface area contributed by atoms with Crippen LogP contribution in [0.1, 0.15) is 38.3 Å². The van der Waals surface area contributed by atoms with E-state index in [-0.39, 0.29) is 6.04 Å². The van der Waals surface area contributed by atoms with Gasteiger partial charge in [0.15, 0.2) is 5.96 Å². The summed E-state index contributed by atoms with van der Waals surface area (Å²) in [5, 5.41) is 6.90. The van der Waals surface area contributed by atoms with Gasteiger partial charge in [0.2, 0.25) is 0 Å². The number of nitrogens with one attached hydrogen (secondary N) is 2. The normalized spacial score (nSPS) is 19.3. The van der Waals surface area contributed by atoms with Crippen LogP contribution >= 0.6 is 0 Å². The highest BCUT2D eigenvalue weighted by atomic mass is 16.5. The zero-order valence-corrected chi connectivity index (χ0v) is 15.6. The van der Waals surface area contributed by atoms with Crippen LogP contribution in [0.4, 0.5) is 0 Å². The van der Waals surface area contributed by atoms with E-state index in [1.807, 2.05) is 20.0 Å². The van der Waals surface area contributed by atoms with Crippen molar-refractivity contribution in [2.24, 2.45) is 10.9 Å². The molecule has 0 spiro atoms. The topological polar surface area (TPSA) is 62.0 Å². The molecule has 1 aromatic rings. The average Bonchev–Trinajstić information content (AvgIpc) is 3.00. The molecule has 136 valence electrons. The van der Waals surface area contributed by atoms with E-state index in [4.69, 9.17) is 9.15 Å². The first kappa shape index (κ1) is 18.8. The highest BCUT2D eigenvalue weighted by Gasteiger charge is 2.25. The van der Waals surface area contributed by atoms with Gasteiger partial charge in [-0.25, -0.2) is 0 Å². The number of rotatable bonds is 6. The average molecular weight is 336 g/mol. The maximum atomic E-state index is 5.90. The summed E-state index contributed by atoms with van der Waals surface area (Å²) in [4.78, 5) is 6.76. The van der Waals surface area contributed by atoms with Gasteiger partial charge in [0, 0.05) is 32.7 Å². The standard InChI is InChI=1S/C18H32N4O2/c1-13(2)15(4)21-18(19-5)20-12-16(17-7-6-14(3)24-17)22-8-10-23-11-9-22/h6-7,13,15-16H,8-12H2,1-5H3,(H2,19,20,21). The molecule has 2 rings (SSSR count). The number of aliphatic imine (C=N–C) groups is 1. The summed E-state index contributed by atoms with van der Waals surface area (Å²) in [6.07, 6.45) is 0. The van der Waals surface area contributed by atoms with E-state index in [9.17, 15) is 0 Å². The Hall–Kier alpha value is -1.53. The van der Waals surface area contributed by atoms with Crippen molar-refractivity contribution in [2.45, 2.75) is 39.8 Å². The number of morpholine rings is 1. The highest BCUT2D eigenvalue weighted by molar-refractivity contribution is 5.80. The molecule has 0 saturated carbocycles. The summed E-state index contributed by atoms with van der Waals surface area (Å²) in [7, 11) is 1.81. The van der Waals surface area contributed by atoms with Gasteiger partial charge in [-0.1, -0.05) is 13.8 Å². The van der Waals surface area contributed by atoms with E-state index in [1.165, 1.54) is 0 Å². The lowest BCUT2D eigenvalue weighted by Gasteiger charge is -2.34. The first-order valence-electron chi connectivity index (χ1n) is 8.86. The molecule has 1 fully saturated rings. The third kappa shape index (κ3) is 5.24. The lowest BCUT2D eigenvalue weighted by atomic mass is 10.1. The van der Waals surface area contributed by atoms with Crippen molar-refractivity contribution in [2.75, 3.05) is 39.9 Å². The Labute approximate surface area is 145 Å². The SMILES string of the molecule is CN=C(NCC(c1ccc(C)o1)N1CCOCC1)NC(C)C(C)C. The van der Waals surface area contributed by atoms with Crippen LogP contribution in [0.3, 0.4) is 0 Å². The number of aryl methyl sites for hydroxylation is 1. The van der Waals surface area contributed by atoms with E-state index >= 15 is 0 Å². The predicted molar refractivity (Wildman–Crippen MR) is 97.4 cm³/mol. The smallest absolute Gasteiger partial charge is 0.191 e. The molecular formula is C18H32N4O2. The molecule has 0 bridgehead atoms. The Morgan fingerprint density at radius 1 is 1.25 bits per heavy atom. The Kier molecular flexibility index (Phi) is 7.12. The molecule has 0 radical (unpaired) electrons. The minimum Gasteiger partial charge on any atom is -0.465 e. The largest absolute Gasteiger partial charge is 0.465 e. The summed E-state index contributed by atoms with van der Waals surface area (Å²) in [5.74, 6) is 3.32. The molecule has 2 N–H and O–H groups in total. The third-order valence-corrected chi connectivity index (χ3v) is 4.63. The van der Waals surface area contributed by atoms with Gasteiger partial charge >= 0.3 is 0 Å². The van der Waals surface area contributed by atoms with Crippen LogP contribution in [0.5, 0.6) is 0 Å². The number of hydrogen-bond donors (Lipinski definition) is 2. The molecule has 2 atom stereocenters. The van der Waals surface area contributed by atoms with Crippen LogP contribution in [0.2, 0.25) is 0 Å². The van der Waals surface area contributed by atoms with Gasteiger partial charge in [0.05, 0.1) is 19.3 Å². The molecule has 6 nitrogen and oxygen atoms in total. The first-order valence-corrected chi connectivity index (χ1v) is 8.86. The van der Waals surface area contributed by atoms with Crippen LogP contribution in [0.15, 0.2) is 21.5 Å². The summed E-state index contributed by atoms with van der Waals surface area (Å²) in [5.41, 5.74) is 0. The van der Waals surface area contributed by atoms with Crippen LogP contribution in [-0.4, -0.2) is 56.8 Å². The molecule has 0 aromatic carbocycles. The lowest BCUT2D eigenvalue weighted by molar-refractivity contribution is 0.0124. The Morgan fingerprint density at radius 2 is 1.96 bits per heavy atom. The highest BCUT2D eigenvalue weighted by Crippen LogP contribution is 2.23. The molecular weight excluding hydrogens is 304 g/mol. The maximum Gasteiger partial charge on any atom is 0.191 e. The summed E-state index contributed by atoms with van der Waals surface area (Å²) < 4.78 is 11.4. The van der Waals surface area contributed by atoms with Gasteiger partial charge in [-0.05, 0) is 31.9 Å². The van der Waals surface area contributed by atoms with Gasteiger partial charge in [0.25, 0.3) is 0 Å². The second-order valence-electron chi connectivity index (χ2n) is 6.74. The molecule has 0 amide bonds. The fourth-order valence-electron chi connectivity index (χ4n) is 2.70. The molecule has 1 aromatic heterocycles. The number of furan rings is 1. The van der Waals surface area contributed by atoms with E-state index in [0.29, 0.717) is 12.0 Å². The van der Waals surface area contributed by atoms with Crippen LogP contribution in [-0.2, 0) is 4.74 Å². The van der Waals surface area contributed by atoms with Crippen molar-refractivity contribution in [1.29, 1.82) is 0 Å². The summed E-state index contributed by atoms with van der Waals surface area (Å²) >= 11 is 0. The van der Waals surface area contributed by atoms with Crippen molar-refractivity contribution in [3.63, 3.8) is 0 Å². The third-order valence-electron chi connectivity index (χ3n) is 4.63. The summed E-state index contributed by atoms with van der Waals surface area (Å²) in [6, 6.07) is 4.64. The number of guanidine groups is 1. The van der Waals surface area contributed by atoms with Crippen molar-refractivity contribution in [1.82, 2.24) is 15.5 Å². The van der Waals surface area contributed by atoms with E-state index < -0.39 is 0 Å². The number of ether oxygens (including phenoxy) is 1. The van der Waals surface area contributed by atoms with E-state index in [0.717, 1.165) is 50.3 Å².